The molecule has 1 saturated carbocycles. The molecule has 1 aliphatic heterocycles. The Morgan fingerprint density at radius 1 is 1.37 bits per heavy atom. The van der Waals surface area contributed by atoms with Gasteiger partial charge in [0.2, 0.25) is 0 Å². The van der Waals surface area contributed by atoms with Gasteiger partial charge in [-0.1, -0.05) is 30.3 Å². The molecule has 7 heteroatoms. The van der Waals surface area contributed by atoms with Crippen molar-refractivity contribution in [2.45, 2.75) is 25.5 Å². The highest BCUT2D eigenvalue weighted by Gasteiger charge is 2.70. The van der Waals surface area contributed by atoms with E-state index >= 15 is 0 Å². The number of carbonyl (C=O) groups excluding carboxylic acids is 1. The van der Waals surface area contributed by atoms with Crippen LogP contribution in [0.5, 0.6) is 0 Å². The lowest BCUT2D eigenvalue weighted by Gasteiger charge is -2.16. The topological polar surface area (TPSA) is 81.2 Å². The largest absolute Gasteiger partial charge is 0.391 e. The number of β-amino-alcohol motifs (C(OH)–C–C–N with tert-alkyl or cyclic N) is 1. The molecule has 5 rings (SSSR count). The SMILES string of the molecule is Cc1nc(CN2C[C@@H](O)[C@@]3(C2)[C@H](CNC(=O)c2cc[nH]c2)[C@H]3c2ccccc2)cs1. The maximum atomic E-state index is 12.5. The number of aromatic nitrogens is 2. The second-order valence-electron chi connectivity index (χ2n) is 8.46. The van der Waals surface area contributed by atoms with Crippen LogP contribution in [0, 0.1) is 18.3 Å². The third kappa shape index (κ3) is 3.37. The summed E-state index contributed by atoms with van der Waals surface area (Å²) in [6.07, 6.45) is 3.03. The van der Waals surface area contributed by atoms with Crippen molar-refractivity contribution in [1.82, 2.24) is 20.2 Å². The second kappa shape index (κ2) is 7.65. The van der Waals surface area contributed by atoms with Gasteiger partial charge in [0.25, 0.3) is 5.91 Å². The summed E-state index contributed by atoms with van der Waals surface area (Å²) in [5, 5.41) is 17.4. The molecule has 6 nitrogen and oxygen atoms in total. The molecule has 0 radical (unpaired) electrons. The number of aliphatic hydroxyl groups excluding tert-OH is 1. The molecule has 1 amide bonds. The first kappa shape index (κ1) is 19.5. The molecule has 30 heavy (non-hydrogen) atoms. The normalized spacial score (nSPS) is 28.1. The minimum atomic E-state index is -0.420. The lowest BCUT2D eigenvalue weighted by atomic mass is 9.95. The van der Waals surface area contributed by atoms with Crippen LogP contribution in [-0.2, 0) is 6.54 Å². The van der Waals surface area contributed by atoms with Crippen molar-refractivity contribution in [3.05, 3.63) is 76.0 Å². The molecule has 0 unspecified atom stereocenters. The Kier molecular flexibility index (Phi) is 4.97. The molecular weight excluding hydrogens is 396 g/mol. The molecule has 1 spiro atoms. The number of thiazole rings is 1. The predicted molar refractivity (Wildman–Crippen MR) is 116 cm³/mol. The van der Waals surface area contributed by atoms with Crippen LogP contribution in [-0.4, -0.2) is 51.6 Å². The number of aliphatic hydroxyl groups is 1. The molecule has 156 valence electrons. The Bertz CT molecular complexity index is 1020. The van der Waals surface area contributed by atoms with Crippen LogP contribution in [0.4, 0.5) is 0 Å². The highest BCUT2D eigenvalue weighted by Crippen LogP contribution is 2.68. The monoisotopic (exact) mass is 422 g/mol. The average Bonchev–Trinajstić information content (AvgIpc) is 3.19. The van der Waals surface area contributed by atoms with Crippen LogP contribution in [0.25, 0.3) is 0 Å². The summed E-state index contributed by atoms with van der Waals surface area (Å²) in [5.41, 5.74) is 2.71. The zero-order valence-electron chi connectivity index (χ0n) is 16.9. The van der Waals surface area contributed by atoms with E-state index in [9.17, 15) is 9.90 Å². The highest BCUT2D eigenvalue weighted by atomic mass is 32.1. The molecule has 2 aliphatic rings. The van der Waals surface area contributed by atoms with Gasteiger partial charge in [0.1, 0.15) is 0 Å². The summed E-state index contributed by atoms with van der Waals surface area (Å²) in [6, 6.07) is 12.2. The van der Waals surface area contributed by atoms with E-state index in [1.54, 1.807) is 29.8 Å². The van der Waals surface area contributed by atoms with Crippen LogP contribution in [0.2, 0.25) is 0 Å². The van der Waals surface area contributed by atoms with Gasteiger partial charge >= 0.3 is 0 Å². The number of hydrogen-bond acceptors (Lipinski definition) is 5. The average molecular weight is 423 g/mol. The first-order valence-electron chi connectivity index (χ1n) is 10.4. The van der Waals surface area contributed by atoms with Gasteiger partial charge in [0, 0.05) is 49.4 Å². The summed E-state index contributed by atoms with van der Waals surface area (Å²) in [5.74, 6) is 0.370. The number of H-pyrrole nitrogens is 1. The second-order valence-corrected chi connectivity index (χ2v) is 9.52. The van der Waals surface area contributed by atoms with Crippen molar-refractivity contribution in [3.63, 3.8) is 0 Å². The molecule has 4 atom stereocenters. The molecule has 1 saturated heterocycles. The molecule has 1 aromatic carbocycles. The van der Waals surface area contributed by atoms with E-state index < -0.39 is 6.10 Å². The number of hydrogen-bond donors (Lipinski definition) is 3. The minimum Gasteiger partial charge on any atom is -0.391 e. The third-order valence-corrected chi connectivity index (χ3v) is 7.49. The van der Waals surface area contributed by atoms with E-state index in [0.717, 1.165) is 23.8 Å². The van der Waals surface area contributed by atoms with Crippen molar-refractivity contribution in [1.29, 1.82) is 0 Å². The first-order chi connectivity index (χ1) is 14.6. The number of nitrogens with zero attached hydrogens (tertiary/aromatic N) is 2. The molecule has 3 aromatic rings. The number of rotatable bonds is 6. The Balaban J connectivity index is 1.34. The number of aromatic amines is 1. The molecule has 2 fully saturated rings. The van der Waals surface area contributed by atoms with Crippen LogP contribution in [0.3, 0.4) is 0 Å². The molecule has 0 bridgehead atoms. The van der Waals surface area contributed by atoms with E-state index in [2.05, 4.69) is 37.7 Å². The fourth-order valence-corrected chi connectivity index (χ4v) is 5.90. The fourth-order valence-electron chi connectivity index (χ4n) is 5.29. The van der Waals surface area contributed by atoms with Crippen LogP contribution in [0.15, 0.2) is 54.2 Å². The Hall–Kier alpha value is -2.48. The standard InChI is InChI=1S/C23H26N4O2S/c1-15-26-18(13-30-15)11-27-12-20(28)23(14-27)19(21(23)16-5-3-2-4-6-16)10-25-22(29)17-7-8-24-9-17/h2-9,13,19-21,24,28H,10-12,14H2,1H3,(H,25,29)/t19-,20-,21-,23-/m1/s1. The summed E-state index contributed by atoms with van der Waals surface area (Å²) >= 11 is 1.66. The van der Waals surface area contributed by atoms with Gasteiger partial charge in [0.15, 0.2) is 0 Å². The fraction of sp³-hybridized carbons (Fsp3) is 0.391. The number of benzene rings is 1. The third-order valence-electron chi connectivity index (χ3n) is 6.67. The summed E-state index contributed by atoms with van der Waals surface area (Å²) < 4.78 is 0. The van der Waals surface area contributed by atoms with E-state index in [0.29, 0.717) is 18.7 Å². The summed E-state index contributed by atoms with van der Waals surface area (Å²) in [6.45, 7) is 4.79. The van der Waals surface area contributed by atoms with E-state index in [1.807, 2.05) is 25.1 Å². The van der Waals surface area contributed by atoms with Crippen LogP contribution >= 0.6 is 11.3 Å². The van der Waals surface area contributed by atoms with E-state index in [4.69, 9.17) is 0 Å². The maximum Gasteiger partial charge on any atom is 0.252 e. The zero-order valence-corrected chi connectivity index (χ0v) is 17.7. The van der Waals surface area contributed by atoms with Crippen LogP contribution in [0.1, 0.15) is 32.5 Å². The quantitative estimate of drug-likeness (QED) is 0.571. The minimum absolute atomic E-state index is 0.0765. The molecule has 3 heterocycles. The van der Waals surface area contributed by atoms with E-state index in [1.165, 1.54) is 5.56 Å². The van der Waals surface area contributed by atoms with Crippen molar-refractivity contribution in [2.24, 2.45) is 11.3 Å². The van der Waals surface area contributed by atoms with Gasteiger partial charge in [-0.3, -0.25) is 9.69 Å². The van der Waals surface area contributed by atoms with Gasteiger partial charge in [-0.25, -0.2) is 4.98 Å². The Labute approximate surface area is 180 Å². The van der Waals surface area contributed by atoms with E-state index in [-0.39, 0.29) is 23.2 Å². The zero-order chi connectivity index (χ0) is 20.7. The Morgan fingerprint density at radius 2 is 2.20 bits per heavy atom. The number of amides is 1. The summed E-state index contributed by atoms with van der Waals surface area (Å²) in [7, 11) is 0. The van der Waals surface area contributed by atoms with Crippen molar-refractivity contribution in [2.75, 3.05) is 19.6 Å². The van der Waals surface area contributed by atoms with Gasteiger partial charge < -0.3 is 15.4 Å². The van der Waals surface area contributed by atoms with Gasteiger partial charge in [-0.05, 0) is 30.4 Å². The number of aryl methyl sites for hydroxylation is 1. The van der Waals surface area contributed by atoms with Gasteiger partial charge in [-0.2, -0.15) is 0 Å². The van der Waals surface area contributed by atoms with Crippen molar-refractivity contribution in [3.8, 4) is 0 Å². The van der Waals surface area contributed by atoms with Gasteiger partial charge in [0.05, 0.1) is 22.4 Å². The van der Waals surface area contributed by atoms with Crippen molar-refractivity contribution < 1.29 is 9.90 Å². The smallest absolute Gasteiger partial charge is 0.252 e. The van der Waals surface area contributed by atoms with Gasteiger partial charge in [-0.15, -0.1) is 11.3 Å². The maximum absolute atomic E-state index is 12.5. The molecule has 2 aromatic heterocycles. The lowest BCUT2D eigenvalue weighted by Crippen LogP contribution is -2.30. The number of likely N-dealkylation sites (tertiary alicyclic amines) is 1. The Morgan fingerprint density at radius 3 is 2.90 bits per heavy atom. The number of nitrogens with one attached hydrogen (secondary N) is 2. The molecule has 3 N–H and O–H groups in total. The lowest BCUT2D eigenvalue weighted by molar-refractivity contribution is 0.0939. The summed E-state index contributed by atoms with van der Waals surface area (Å²) in [4.78, 5) is 22.3. The molecule has 1 aliphatic carbocycles. The van der Waals surface area contributed by atoms with Crippen LogP contribution < -0.4 is 5.32 Å². The number of carbonyl (C=O) groups is 1. The predicted octanol–water partition coefficient (Wildman–Crippen LogP) is 2.79. The van der Waals surface area contributed by atoms with Crippen molar-refractivity contribution >= 4 is 17.2 Å². The first-order valence-corrected chi connectivity index (χ1v) is 11.2. The molecular formula is C23H26N4O2S. The highest BCUT2D eigenvalue weighted by molar-refractivity contribution is 7.09.